The van der Waals surface area contributed by atoms with Crippen LogP contribution in [0.25, 0.3) is 0 Å². The Bertz CT molecular complexity index is 1130. The second-order valence-corrected chi connectivity index (χ2v) is 8.26. The van der Waals surface area contributed by atoms with E-state index in [2.05, 4.69) is 10.5 Å². The van der Waals surface area contributed by atoms with Gasteiger partial charge in [-0.2, -0.15) is 0 Å². The zero-order chi connectivity index (χ0) is 24.2. The molecule has 1 heterocycles. The molecule has 0 atom stereocenters. The Balaban J connectivity index is 1.65. The maximum atomic E-state index is 12.6. The molecule has 3 aromatic rings. The summed E-state index contributed by atoms with van der Waals surface area (Å²) in [6.07, 6.45) is 0. The number of anilines is 1. The number of nitrogens with one attached hydrogen (secondary N) is 1. The highest BCUT2D eigenvalue weighted by Crippen LogP contribution is 2.29. The molecular weight excluding hydrogens is 424 g/mol. The van der Waals surface area contributed by atoms with Crippen molar-refractivity contribution in [1.29, 1.82) is 0 Å². The minimum atomic E-state index is -0.460. The van der Waals surface area contributed by atoms with E-state index < -0.39 is 11.4 Å². The molecule has 1 aromatic heterocycles. The Morgan fingerprint density at radius 3 is 2.24 bits per heavy atom. The first-order valence-corrected chi connectivity index (χ1v) is 10.4. The van der Waals surface area contributed by atoms with E-state index in [0.717, 1.165) is 5.56 Å². The van der Waals surface area contributed by atoms with Crippen molar-refractivity contribution < 1.29 is 28.3 Å². The van der Waals surface area contributed by atoms with Crippen LogP contribution in [0.4, 0.5) is 5.69 Å². The number of ether oxygens (including phenoxy) is 3. The number of carbonyl (C=O) groups is 2. The maximum absolute atomic E-state index is 12.6. The van der Waals surface area contributed by atoms with Gasteiger partial charge >= 0.3 is 5.97 Å². The van der Waals surface area contributed by atoms with Gasteiger partial charge in [-0.3, -0.25) is 4.79 Å². The number of methoxy groups -OCH3 is 2. The largest absolute Gasteiger partial charge is 0.493 e. The van der Waals surface area contributed by atoms with Crippen LogP contribution in [0.15, 0.2) is 47.0 Å². The molecule has 0 spiro atoms. The second kappa shape index (κ2) is 9.77. The fourth-order valence-electron chi connectivity index (χ4n) is 3.36. The molecule has 3 rings (SSSR count). The highest BCUT2D eigenvalue weighted by atomic mass is 16.5. The summed E-state index contributed by atoms with van der Waals surface area (Å²) in [5, 5.41) is 6.66. The van der Waals surface area contributed by atoms with Gasteiger partial charge in [0.25, 0.3) is 5.91 Å². The van der Waals surface area contributed by atoms with E-state index in [1.54, 1.807) is 39.2 Å². The molecule has 0 saturated heterocycles. The van der Waals surface area contributed by atoms with E-state index in [1.807, 2.05) is 38.1 Å². The number of nitrogens with zero attached hydrogens (tertiary/aromatic N) is 1. The summed E-state index contributed by atoms with van der Waals surface area (Å²) in [6, 6.07) is 12.4. The second-order valence-electron chi connectivity index (χ2n) is 8.26. The van der Waals surface area contributed by atoms with Gasteiger partial charge in [-0.05, 0) is 49.7 Å². The summed E-state index contributed by atoms with van der Waals surface area (Å²) >= 11 is 0. The molecule has 0 aliphatic rings. The molecule has 0 saturated carbocycles. The van der Waals surface area contributed by atoms with Crippen LogP contribution in [0.5, 0.6) is 11.5 Å². The van der Waals surface area contributed by atoms with Crippen molar-refractivity contribution in [2.75, 3.05) is 26.1 Å². The van der Waals surface area contributed by atoms with Crippen LogP contribution in [0.2, 0.25) is 0 Å². The Hall–Kier alpha value is -3.81. The van der Waals surface area contributed by atoms with Gasteiger partial charge in [-0.1, -0.05) is 31.1 Å². The molecule has 1 N–H and O–H groups in total. The first kappa shape index (κ1) is 23.8. The summed E-state index contributed by atoms with van der Waals surface area (Å²) in [5.41, 5.74) is 2.47. The van der Waals surface area contributed by atoms with Crippen LogP contribution in [0, 0.1) is 13.8 Å². The van der Waals surface area contributed by atoms with Crippen molar-refractivity contribution in [3.05, 3.63) is 70.6 Å². The summed E-state index contributed by atoms with van der Waals surface area (Å²) < 4.78 is 21.0. The lowest BCUT2D eigenvalue weighted by Crippen LogP contribution is -2.26. The van der Waals surface area contributed by atoms with Gasteiger partial charge in [-0.15, -0.1) is 0 Å². The molecule has 33 heavy (non-hydrogen) atoms. The van der Waals surface area contributed by atoms with Gasteiger partial charge in [0.05, 0.1) is 19.9 Å². The molecule has 2 aromatic carbocycles. The number of esters is 1. The number of amides is 1. The summed E-state index contributed by atoms with van der Waals surface area (Å²) in [7, 11) is 3.06. The van der Waals surface area contributed by atoms with E-state index in [1.165, 1.54) is 7.11 Å². The zero-order valence-corrected chi connectivity index (χ0v) is 19.6. The van der Waals surface area contributed by atoms with Gasteiger partial charge in [0.1, 0.15) is 17.9 Å². The van der Waals surface area contributed by atoms with Gasteiger partial charge in [-0.25, -0.2) is 4.79 Å². The van der Waals surface area contributed by atoms with Crippen molar-refractivity contribution >= 4 is 17.6 Å². The molecule has 0 aliphatic heterocycles. The molecule has 8 nitrogen and oxygen atoms in total. The predicted octanol–water partition coefficient (Wildman–Crippen LogP) is 4.70. The van der Waals surface area contributed by atoms with Crippen molar-refractivity contribution in [1.82, 2.24) is 5.16 Å². The smallest absolute Gasteiger partial charge is 0.343 e. The van der Waals surface area contributed by atoms with Gasteiger partial charge < -0.3 is 24.1 Å². The van der Waals surface area contributed by atoms with Gasteiger partial charge in [0.2, 0.25) is 0 Å². The normalized spacial score (nSPS) is 11.1. The van der Waals surface area contributed by atoms with Crippen molar-refractivity contribution in [2.45, 2.75) is 33.1 Å². The Morgan fingerprint density at radius 2 is 1.67 bits per heavy atom. The number of hydrogen-bond donors (Lipinski definition) is 1. The minimum Gasteiger partial charge on any atom is -0.493 e. The number of aryl methyl sites for hydroxylation is 2. The van der Waals surface area contributed by atoms with Crippen molar-refractivity contribution in [3.8, 4) is 11.5 Å². The van der Waals surface area contributed by atoms with E-state index in [-0.39, 0.29) is 12.5 Å². The third-order valence-electron chi connectivity index (χ3n) is 5.37. The van der Waals surface area contributed by atoms with Crippen LogP contribution >= 0.6 is 0 Å². The Morgan fingerprint density at radius 1 is 1.00 bits per heavy atom. The standard InChI is InChI=1S/C25H28N2O6/c1-15-22(16(2)33-27-15)24(29)32-14-25(3,4)18-8-10-19(11-9-18)26-23(28)17-7-12-20(30-5)21(13-17)31-6/h7-13H,14H2,1-6H3,(H,26,28). The Labute approximate surface area is 192 Å². The molecule has 0 aliphatic carbocycles. The number of rotatable bonds is 8. The molecule has 0 fully saturated rings. The summed E-state index contributed by atoms with van der Waals surface area (Å²) in [5.74, 6) is 0.739. The molecule has 0 unspecified atom stereocenters. The van der Waals surface area contributed by atoms with E-state index in [4.69, 9.17) is 18.7 Å². The van der Waals surface area contributed by atoms with Crippen LogP contribution < -0.4 is 14.8 Å². The van der Waals surface area contributed by atoms with Crippen LogP contribution in [-0.4, -0.2) is 37.9 Å². The summed E-state index contributed by atoms with van der Waals surface area (Å²) in [4.78, 5) is 25.1. The third-order valence-corrected chi connectivity index (χ3v) is 5.37. The first-order chi connectivity index (χ1) is 15.7. The van der Waals surface area contributed by atoms with Crippen LogP contribution in [0.3, 0.4) is 0 Å². The summed E-state index contributed by atoms with van der Waals surface area (Å²) in [6.45, 7) is 7.51. The Kier molecular flexibility index (Phi) is 7.06. The van der Waals surface area contributed by atoms with Crippen LogP contribution in [-0.2, 0) is 10.2 Å². The average Bonchev–Trinajstić information content (AvgIpc) is 3.15. The van der Waals surface area contributed by atoms with E-state index in [0.29, 0.717) is 39.8 Å². The number of benzene rings is 2. The van der Waals surface area contributed by atoms with Gasteiger partial charge in [0, 0.05) is 16.7 Å². The molecule has 174 valence electrons. The highest BCUT2D eigenvalue weighted by Gasteiger charge is 2.26. The number of hydrogen-bond acceptors (Lipinski definition) is 7. The lowest BCUT2D eigenvalue weighted by Gasteiger charge is -2.25. The van der Waals surface area contributed by atoms with Gasteiger partial charge in [0.15, 0.2) is 11.5 Å². The van der Waals surface area contributed by atoms with Crippen molar-refractivity contribution in [2.24, 2.45) is 0 Å². The monoisotopic (exact) mass is 452 g/mol. The lowest BCUT2D eigenvalue weighted by molar-refractivity contribution is 0.0424. The van der Waals surface area contributed by atoms with E-state index >= 15 is 0 Å². The lowest BCUT2D eigenvalue weighted by atomic mass is 9.85. The highest BCUT2D eigenvalue weighted by molar-refractivity contribution is 6.04. The number of aromatic nitrogens is 1. The van der Waals surface area contributed by atoms with Crippen LogP contribution in [0.1, 0.15) is 51.6 Å². The average molecular weight is 453 g/mol. The fraction of sp³-hybridized carbons (Fsp3) is 0.320. The van der Waals surface area contributed by atoms with E-state index in [9.17, 15) is 9.59 Å². The predicted molar refractivity (Wildman–Crippen MR) is 123 cm³/mol. The minimum absolute atomic E-state index is 0.174. The maximum Gasteiger partial charge on any atom is 0.343 e. The first-order valence-electron chi connectivity index (χ1n) is 10.4. The molecule has 0 bridgehead atoms. The molecule has 8 heteroatoms. The SMILES string of the molecule is COc1ccc(C(=O)Nc2ccc(C(C)(C)COC(=O)c3c(C)noc3C)cc2)cc1OC. The van der Waals surface area contributed by atoms with Crippen molar-refractivity contribution in [3.63, 3.8) is 0 Å². The zero-order valence-electron chi connectivity index (χ0n) is 19.6. The third kappa shape index (κ3) is 5.34. The molecular formula is C25H28N2O6. The fourth-order valence-corrected chi connectivity index (χ4v) is 3.36. The molecule has 0 radical (unpaired) electrons. The quantitative estimate of drug-likeness (QED) is 0.495. The topological polar surface area (TPSA) is 99.9 Å². The molecule has 1 amide bonds. The number of carbonyl (C=O) groups excluding carboxylic acids is 2.